The molecule has 0 aromatic carbocycles. The van der Waals surface area contributed by atoms with Crippen molar-refractivity contribution in [2.24, 2.45) is 0 Å². The van der Waals surface area contributed by atoms with Gasteiger partial charge in [0.25, 0.3) is 5.89 Å². The zero-order valence-corrected chi connectivity index (χ0v) is 10.9. The number of methoxy groups -OCH3 is 1. The molecule has 0 unspecified atom stereocenters. The van der Waals surface area contributed by atoms with Gasteiger partial charge in [0.05, 0.1) is 12.1 Å². The Morgan fingerprint density at radius 2 is 2.12 bits per heavy atom. The number of ether oxygens (including phenoxy) is 1. The third-order valence-corrected chi connectivity index (χ3v) is 2.40. The SMILES string of the molecule is CC.COC(=O)c1nnc(-c2csc(C)n2)o1. The molecule has 0 atom stereocenters. The minimum Gasteiger partial charge on any atom is -0.462 e. The standard InChI is InChI=1S/C8H7N3O3S.C2H6/c1-4-9-5(3-15-4)6-10-11-7(14-6)8(12)13-2;1-2/h3H,1-2H3;1-2H3. The average molecular weight is 255 g/mol. The molecule has 2 heterocycles. The molecule has 0 aliphatic heterocycles. The normalized spacial score (nSPS) is 9.41. The Kier molecular flexibility index (Phi) is 4.77. The van der Waals surface area contributed by atoms with E-state index in [1.165, 1.54) is 18.4 Å². The van der Waals surface area contributed by atoms with E-state index in [2.05, 4.69) is 19.9 Å². The fourth-order valence-electron chi connectivity index (χ4n) is 0.958. The van der Waals surface area contributed by atoms with Crippen LogP contribution in [0.4, 0.5) is 0 Å². The van der Waals surface area contributed by atoms with Gasteiger partial charge in [-0.05, 0) is 6.92 Å². The number of aryl methyl sites for hydroxylation is 1. The number of esters is 1. The number of rotatable bonds is 2. The summed E-state index contributed by atoms with van der Waals surface area (Å²) < 4.78 is 9.52. The molecule has 0 bridgehead atoms. The van der Waals surface area contributed by atoms with E-state index in [9.17, 15) is 4.79 Å². The zero-order valence-electron chi connectivity index (χ0n) is 10.1. The first-order valence-corrected chi connectivity index (χ1v) is 5.93. The van der Waals surface area contributed by atoms with E-state index in [-0.39, 0.29) is 11.8 Å². The van der Waals surface area contributed by atoms with E-state index in [0.717, 1.165) is 5.01 Å². The number of aromatic nitrogens is 3. The van der Waals surface area contributed by atoms with Crippen LogP contribution in [0.25, 0.3) is 11.6 Å². The predicted molar refractivity (Wildman–Crippen MR) is 62.8 cm³/mol. The molecule has 6 nitrogen and oxygen atoms in total. The van der Waals surface area contributed by atoms with Gasteiger partial charge in [-0.3, -0.25) is 0 Å². The molecule has 7 heteroatoms. The van der Waals surface area contributed by atoms with Gasteiger partial charge in [-0.1, -0.05) is 13.8 Å². The Balaban J connectivity index is 0.000000686. The first-order chi connectivity index (χ1) is 8.20. The quantitative estimate of drug-likeness (QED) is 0.766. The maximum Gasteiger partial charge on any atom is 0.396 e. The summed E-state index contributed by atoms with van der Waals surface area (Å²) in [6, 6.07) is 0. The fourth-order valence-corrected chi connectivity index (χ4v) is 1.54. The second-order valence-electron chi connectivity index (χ2n) is 2.66. The van der Waals surface area contributed by atoms with Crippen LogP contribution in [0.1, 0.15) is 29.5 Å². The number of carbonyl (C=O) groups excluding carboxylic acids is 1. The minimum absolute atomic E-state index is 0.168. The molecule has 0 radical (unpaired) electrons. The van der Waals surface area contributed by atoms with Crippen LogP contribution in [-0.2, 0) is 4.74 Å². The summed E-state index contributed by atoms with van der Waals surface area (Å²) in [4.78, 5) is 15.2. The van der Waals surface area contributed by atoms with Gasteiger partial charge in [0.15, 0.2) is 0 Å². The summed E-state index contributed by atoms with van der Waals surface area (Å²) in [5, 5.41) is 9.91. The average Bonchev–Trinajstić information content (AvgIpc) is 2.99. The molecule has 0 N–H and O–H groups in total. The van der Waals surface area contributed by atoms with Crippen molar-refractivity contribution >= 4 is 17.3 Å². The van der Waals surface area contributed by atoms with Gasteiger partial charge in [0.2, 0.25) is 0 Å². The van der Waals surface area contributed by atoms with Crippen molar-refractivity contribution in [2.75, 3.05) is 7.11 Å². The highest BCUT2D eigenvalue weighted by atomic mass is 32.1. The van der Waals surface area contributed by atoms with Crippen LogP contribution in [0, 0.1) is 6.92 Å². The van der Waals surface area contributed by atoms with E-state index in [4.69, 9.17) is 4.42 Å². The lowest BCUT2D eigenvalue weighted by Gasteiger charge is -1.89. The van der Waals surface area contributed by atoms with Crippen LogP contribution in [0.5, 0.6) is 0 Å². The highest BCUT2D eigenvalue weighted by molar-refractivity contribution is 7.09. The van der Waals surface area contributed by atoms with Gasteiger partial charge in [0, 0.05) is 5.38 Å². The summed E-state index contributed by atoms with van der Waals surface area (Å²) in [5.74, 6) is -0.599. The number of carbonyl (C=O) groups is 1. The molecule has 2 rings (SSSR count). The number of nitrogens with zero attached hydrogens (tertiary/aromatic N) is 3. The first kappa shape index (κ1) is 13.3. The Hall–Kier alpha value is -1.76. The fraction of sp³-hybridized carbons (Fsp3) is 0.400. The summed E-state index contributed by atoms with van der Waals surface area (Å²) in [6.07, 6.45) is 0. The molecular weight excluding hydrogens is 242 g/mol. The number of hydrogen-bond acceptors (Lipinski definition) is 7. The summed E-state index contributed by atoms with van der Waals surface area (Å²) >= 11 is 1.47. The van der Waals surface area contributed by atoms with Gasteiger partial charge in [-0.15, -0.1) is 21.5 Å². The third-order valence-electron chi connectivity index (χ3n) is 1.62. The molecule has 0 saturated carbocycles. The lowest BCUT2D eigenvalue weighted by molar-refractivity contribution is 0.0556. The number of thiazole rings is 1. The largest absolute Gasteiger partial charge is 0.462 e. The Bertz CT molecular complexity index is 492. The summed E-state index contributed by atoms with van der Waals surface area (Å²) in [6.45, 7) is 5.87. The van der Waals surface area contributed by atoms with Crippen molar-refractivity contribution < 1.29 is 13.9 Å². The van der Waals surface area contributed by atoms with Crippen molar-refractivity contribution in [1.82, 2.24) is 15.2 Å². The molecule has 92 valence electrons. The van der Waals surface area contributed by atoms with Crippen molar-refractivity contribution in [2.45, 2.75) is 20.8 Å². The minimum atomic E-state index is -0.652. The predicted octanol–water partition coefficient (Wildman–Crippen LogP) is 2.31. The molecule has 17 heavy (non-hydrogen) atoms. The number of hydrogen-bond donors (Lipinski definition) is 0. The molecule has 2 aromatic rings. The van der Waals surface area contributed by atoms with E-state index in [1.807, 2.05) is 20.8 Å². The van der Waals surface area contributed by atoms with Gasteiger partial charge >= 0.3 is 11.9 Å². The van der Waals surface area contributed by atoms with E-state index >= 15 is 0 Å². The molecule has 0 saturated heterocycles. The second-order valence-corrected chi connectivity index (χ2v) is 3.72. The van der Waals surface area contributed by atoms with Gasteiger partial charge in [-0.2, -0.15) is 0 Å². The van der Waals surface area contributed by atoms with Crippen molar-refractivity contribution in [3.8, 4) is 11.6 Å². The van der Waals surface area contributed by atoms with Crippen LogP contribution >= 0.6 is 11.3 Å². The highest BCUT2D eigenvalue weighted by Gasteiger charge is 2.17. The Morgan fingerprint density at radius 3 is 2.65 bits per heavy atom. The lowest BCUT2D eigenvalue weighted by Crippen LogP contribution is -2.00. The summed E-state index contributed by atoms with van der Waals surface area (Å²) in [7, 11) is 1.25. The van der Waals surface area contributed by atoms with Crippen LogP contribution in [0.15, 0.2) is 9.80 Å². The van der Waals surface area contributed by atoms with Gasteiger partial charge in [0.1, 0.15) is 5.69 Å². The lowest BCUT2D eigenvalue weighted by atomic mass is 10.5. The van der Waals surface area contributed by atoms with Crippen LogP contribution in [-0.4, -0.2) is 28.3 Å². The second kappa shape index (κ2) is 6.09. The van der Waals surface area contributed by atoms with E-state index in [1.54, 1.807) is 5.38 Å². The monoisotopic (exact) mass is 255 g/mol. The maximum atomic E-state index is 11.0. The van der Waals surface area contributed by atoms with Crippen molar-refractivity contribution in [3.05, 3.63) is 16.3 Å². The Morgan fingerprint density at radius 1 is 1.41 bits per heavy atom. The summed E-state index contributed by atoms with van der Waals surface area (Å²) in [5.41, 5.74) is 0.570. The molecule has 0 amide bonds. The molecule has 0 aliphatic carbocycles. The molecule has 0 spiro atoms. The third kappa shape index (κ3) is 3.10. The molecule has 0 fully saturated rings. The maximum absolute atomic E-state index is 11.0. The Labute approximate surface area is 103 Å². The van der Waals surface area contributed by atoms with Crippen LogP contribution < -0.4 is 0 Å². The first-order valence-electron chi connectivity index (χ1n) is 5.05. The molecule has 2 aromatic heterocycles. The van der Waals surface area contributed by atoms with Crippen LogP contribution in [0.2, 0.25) is 0 Å². The van der Waals surface area contributed by atoms with Gasteiger partial charge < -0.3 is 9.15 Å². The van der Waals surface area contributed by atoms with Crippen molar-refractivity contribution in [3.63, 3.8) is 0 Å². The smallest absolute Gasteiger partial charge is 0.396 e. The highest BCUT2D eigenvalue weighted by Crippen LogP contribution is 2.19. The molecule has 0 aliphatic rings. The van der Waals surface area contributed by atoms with Gasteiger partial charge in [-0.25, -0.2) is 9.78 Å². The van der Waals surface area contributed by atoms with Crippen molar-refractivity contribution in [1.29, 1.82) is 0 Å². The van der Waals surface area contributed by atoms with E-state index < -0.39 is 5.97 Å². The molecular formula is C10H13N3O3S. The zero-order chi connectivity index (χ0) is 12.8. The van der Waals surface area contributed by atoms with E-state index in [0.29, 0.717) is 5.69 Å². The van der Waals surface area contributed by atoms with Crippen LogP contribution in [0.3, 0.4) is 0 Å². The topological polar surface area (TPSA) is 78.1 Å².